The van der Waals surface area contributed by atoms with Gasteiger partial charge in [0.05, 0.1) is 17.8 Å². The molecule has 3 nitrogen and oxygen atoms in total. The van der Waals surface area contributed by atoms with Gasteiger partial charge in [-0.2, -0.15) is 0 Å². The number of hydrogen-bond donors (Lipinski definition) is 0. The van der Waals surface area contributed by atoms with Crippen LogP contribution in [0.3, 0.4) is 0 Å². The molecule has 1 fully saturated rings. The monoisotopic (exact) mass is 422 g/mol. The van der Waals surface area contributed by atoms with E-state index in [0.29, 0.717) is 11.3 Å². The summed E-state index contributed by atoms with van der Waals surface area (Å²) in [6.07, 6.45) is 7.96. The molecule has 3 aromatic carbocycles. The number of rotatable bonds is 6. The summed E-state index contributed by atoms with van der Waals surface area (Å²) in [5, 5.41) is 0.998. The number of benzene rings is 3. The molecule has 1 aromatic heterocycles. The fourth-order valence-corrected chi connectivity index (χ4v) is 4.20. The van der Waals surface area contributed by atoms with Gasteiger partial charge in [0, 0.05) is 10.9 Å². The van der Waals surface area contributed by atoms with Gasteiger partial charge in [0.25, 0.3) is 0 Å². The van der Waals surface area contributed by atoms with E-state index in [0.717, 1.165) is 33.8 Å². The van der Waals surface area contributed by atoms with Crippen molar-refractivity contribution in [2.24, 2.45) is 0 Å². The molecule has 1 saturated carbocycles. The number of terminal acetylenes is 1. The summed E-state index contributed by atoms with van der Waals surface area (Å²) < 4.78 is 8.34. The Morgan fingerprint density at radius 3 is 2.52 bits per heavy atom. The number of fused-ring (bicyclic) bond motifs is 1. The second-order valence-corrected chi connectivity index (χ2v) is 8.25. The smallest absolute Gasteiger partial charge is 0.200 e. The quantitative estimate of drug-likeness (QED) is 0.267. The predicted octanol–water partition coefficient (Wildman–Crippen LogP) is 6.37. The lowest BCUT2D eigenvalue weighted by atomic mass is 10.0. The van der Waals surface area contributed by atoms with E-state index in [1.165, 1.54) is 24.0 Å². The summed E-state index contributed by atoms with van der Waals surface area (Å²) >= 11 is 5.74. The minimum Gasteiger partial charge on any atom is -0.481 e. The van der Waals surface area contributed by atoms with Crippen LogP contribution in [0.1, 0.15) is 29.9 Å². The molecule has 0 atom stereocenters. The zero-order chi connectivity index (χ0) is 21.2. The Kier molecular flexibility index (Phi) is 5.28. The van der Waals surface area contributed by atoms with Crippen LogP contribution in [0.4, 0.5) is 0 Å². The fourth-order valence-electron chi connectivity index (χ4n) is 3.94. The molecule has 0 N–H and O–H groups in total. The second-order valence-electron chi connectivity index (χ2n) is 7.88. The predicted molar refractivity (Wildman–Crippen MR) is 128 cm³/mol. The van der Waals surface area contributed by atoms with Crippen molar-refractivity contribution in [3.8, 4) is 29.4 Å². The van der Waals surface area contributed by atoms with Crippen LogP contribution in [0.25, 0.3) is 22.2 Å². The highest BCUT2D eigenvalue weighted by atomic mass is 32.1. The third-order valence-electron chi connectivity index (χ3n) is 5.69. The van der Waals surface area contributed by atoms with Gasteiger partial charge in [-0.1, -0.05) is 60.5 Å². The molecule has 31 heavy (non-hydrogen) atoms. The first kappa shape index (κ1) is 19.5. The lowest BCUT2D eigenvalue weighted by Crippen LogP contribution is -2.07. The highest BCUT2D eigenvalue weighted by Crippen LogP contribution is 2.40. The second kappa shape index (κ2) is 8.37. The zero-order valence-corrected chi connectivity index (χ0v) is 17.9. The molecular weight excluding hydrogens is 400 g/mol. The molecule has 1 aliphatic rings. The van der Waals surface area contributed by atoms with E-state index in [-0.39, 0.29) is 6.61 Å². The average molecular weight is 423 g/mol. The van der Waals surface area contributed by atoms with E-state index in [2.05, 4.69) is 46.9 Å². The first-order valence-corrected chi connectivity index (χ1v) is 10.9. The highest BCUT2D eigenvalue weighted by molar-refractivity contribution is 7.71. The molecule has 0 radical (unpaired) electrons. The van der Waals surface area contributed by atoms with Gasteiger partial charge in [-0.3, -0.25) is 0 Å². The van der Waals surface area contributed by atoms with Gasteiger partial charge in [0.2, 0.25) is 4.77 Å². The van der Waals surface area contributed by atoms with Crippen molar-refractivity contribution < 1.29 is 4.74 Å². The number of ether oxygens (including phenoxy) is 1. The van der Waals surface area contributed by atoms with Crippen LogP contribution < -0.4 is 4.74 Å². The van der Waals surface area contributed by atoms with Crippen molar-refractivity contribution in [1.82, 2.24) is 9.55 Å². The van der Waals surface area contributed by atoms with Crippen LogP contribution in [0, 0.1) is 17.1 Å². The Morgan fingerprint density at radius 1 is 1.03 bits per heavy atom. The minimum absolute atomic E-state index is 0.230. The van der Waals surface area contributed by atoms with Crippen LogP contribution in [0.2, 0.25) is 0 Å². The number of aromatic nitrogens is 2. The third kappa shape index (κ3) is 4.10. The maximum atomic E-state index is 5.74. The van der Waals surface area contributed by atoms with Gasteiger partial charge >= 0.3 is 0 Å². The maximum absolute atomic E-state index is 5.74. The van der Waals surface area contributed by atoms with E-state index < -0.39 is 0 Å². The summed E-state index contributed by atoms with van der Waals surface area (Å²) in [6.45, 7) is 0.891. The van der Waals surface area contributed by atoms with Crippen molar-refractivity contribution >= 4 is 23.1 Å². The van der Waals surface area contributed by atoms with E-state index in [1.54, 1.807) is 0 Å². The average Bonchev–Trinajstić information content (AvgIpc) is 3.66. The van der Waals surface area contributed by atoms with Crippen molar-refractivity contribution in [1.29, 1.82) is 0 Å². The van der Waals surface area contributed by atoms with Gasteiger partial charge in [0.1, 0.15) is 12.4 Å². The summed E-state index contributed by atoms with van der Waals surface area (Å²) in [6, 6.07) is 25.0. The van der Waals surface area contributed by atoms with Crippen LogP contribution >= 0.6 is 12.2 Å². The summed E-state index contributed by atoms with van der Waals surface area (Å²) in [4.78, 5) is 4.86. The van der Waals surface area contributed by atoms with Gasteiger partial charge in [-0.25, -0.2) is 4.98 Å². The van der Waals surface area contributed by atoms with Crippen LogP contribution in [-0.4, -0.2) is 16.2 Å². The number of nitrogens with zero attached hydrogens (tertiary/aromatic N) is 2. The van der Waals surface area contributed by atoms with E-state index in [4.69, 9.17) is 28.4 Å². The molecule has 0 amide bonds. The summed E-state index contributed by atoms with van der Waals surface area (Å²) in [7, 11) is 0. The molecule has 0 saturated heterocycles. The third-order valence-corrected chi connectivity index (χ3v) is 6.00. The van der Waals surface area contributed by atoms with Crippen molar-refractivity contribution in [3.63, 3.8) is 0 Å². The normalized spacial score (nSPS) is 13.1. The summed E-state index contributed by atoms with van der Waals surface area (Å²) in [5.74, 6) is 3.98. The molecule has 4 aromatic rings. The van der Waals surface area contributed by atoms with Crippen molar-refractivity contribution in [3.05, 3.63) is 88.7 Å². The fraction of sp³-hybridized carbons (Fsp3) is 0.185. The lowest BCUT2D eigenvalue weighted by Gasteiger charge is -2.16. The van der Waals surface area contributed by atoms with Gasteiger partial charge in [0.15, 0.2) is 0 Å². The molecule has 4 heteroatoms. The van der Waals surface area contributed by atoms with E-state index >= 15 is 0 Å². The molecule has 152 valence electrons. The first-order valence-electron chi connectivity index (χ1n) is 10.5. The van der Waals surface area contributed by atoms with Crippen molar-refractivity contribution in [2.45, 2.75) is 25.3 Å². The van der Waals surface area contributed by atoms with E-state index in [9.17, 15) is 0 Å². The van der Waals surface area contributed by atoms with Crippen LogP contribution in [-0.2, 0) is 6.54 Å². The van der Waals surface area contributed by atoms with Gasteiger partial charge < -0.3 is 9.30 Å². The Morgan fingerprint density at radius 2 is 1.81 bits per heavy atom. The van der Waals surface area contributed by atoms with Crippen molar-refractivity contribution in [2.75, 3.05) is 6.61 Å². The molecule has 1 aliphatic carbocycles. The largest absolute Gasteiger partial charge is 0.481 e. The Bertz CT molecular complexity index is 1330. The number of hydrogen-bond acceptors (Lipinski definition) is 3. The maximum Gasteiger partial charge on any atom is 0.200 e. The lowest BCUT2D eigenvalue weighted by molar-refractivity contribution is 0.371. The van der Waals surface area contributed by atoms with Gasteiger partial charge in [-0.15, -0.1) is 6.42 Å². The highest BCUT2D eigenvalue weighted by Gasteiger charge is 2.23. The molecule has 0 bridgehead atoms. The molecule has 0 spiro atoms. The summed E-state index contributed by atoms with van der Waals surface area (Å²) in [5.41, 5.74) is 5.54. The van der Waals surface area contributed by atoms with Crippen LogP contribution in [0.5, 0.6) is 5.75 Å². The Labute approximate surface area is 187 Å². The molecule has 0 unspecified atom stereocenters. The Balaban J connectivity index is 1.65. The molecular formula is C27H22N2OS. The van der Waals surface area contributed by atoms with E-state index in [1.807, 2.05) is 36.4 Å². The Hall–Kier alpha value is -3.42. The van der Waals surface area contributed by atoms with Gasteiger partial charge in [-0.05, 0) is 60.3 Å². The minimum atomic E-state index is 0.230. The standard InChI is InChI=1S/C27H22N2OS/c1-2-16-30-23-14-15-25-24(17-23)26(22-12-10-21(11-13-22)20-8-9-20)28-27(31)29(25)18-19-6-4-3-5-7-19/h1,3-7,10-15,17,20H,8-9,16,18H2. The topological polar surface area (TPSA) is 27.1 Å². The SMILES string of the molecule is C#CCOc1ccc2c(c1)c(-c1ccc(C3CC3)cc1)nc(=S)n2Cc1ccccc1. The first-order chi connectivity index (χ1) is 15.2. The molecule has 1 heterocycles. The molecule has 5 rings (SSSR count). The zero-order valence-electron chi connectivity index (χ0n) is 17.1. The van der Waals surface area contributed by atoms with Crippen LogP contribution in [0.15, 0.2) is 72.8 Å². The molecule has 0 aliphatic heterocycles.